The summed E-state index contributed by atoms with van der Waals surface area (Å²) in [4.78, 5) is 49.5. The summed E-state index contributed by atoms with van der Waals surface area (Å²) < 4.78 is 1.88. The van der Waals surface area contributed by atoms with Crippen molar-refractivity contribution in [3.05, 3.63) is 85.9 Å². The minimum absolute atomic E-state index is 0. The molecule has 3 aromatic rings. The predicted octanol–water partition coefficient (Wildman–Crippen LogP) is 6.27. The second-order valence-electron chi connectivity index (χ2n) is 10.1. The molecule has 2 aliphatic rings. The number of hydrogen-bond donors (Lipinski definition) is 2. The van der Waals surface area contributed by atoms with Crippen LogP contribution in [0, 0.1) is 0 Å². The molecule has 5 rings (SSSR count). The molecular formula is C33H42Cl2N4O4. The van der Waals surface area contributed by atoms with Crippen LogP contribution in [0.2, 0.25) is 10.0 Å². The van der Waals surface area contributed by atoms with E-state index < -0.39 is 6.04 Å². The average molecular weight is 630 g/mol. The van der Waals surface area contributed by atoms with Crippen LogP contribution in [0.1, 0.15) is 82.8 Å². The van der Waals surface area contributed by atoms with Crippen LogP contribution in [0.5, 0.6) is 0 Å². The SMILES string of the molecule is C.CCNC(=O)C(N)c1ccc(Cl)cc1.CCn1c2c(nc(-c3ccc(Cl)cc3)c1=O)CCCC2.O=C1CCCCC1=O. The Balaban J connectivity index is 0.000000245. The molecule has 232 valence electrons. The number of benzene rings is 2. The fourth-order valence-electron chi connectivity index (χ4n) is 4.80. The highest BCUT2D eigenvalue weighted by atomic mass is 35.5. The lowest BCUT2D eigenvalue weighted by Crippen LogP contribution is -2.33. The molecule has 1 aromatic heterocycles. The maximum absolute atomic E-state index is 12.6. The summed E-state index contributed by atoms with van der Waals surface area (Å²) in [5.74, 6) is -0.512. The quantitative estimate of drug-likeness (QED) is 0.321. The van der Waals surface area contributed by atoms with Gasteiger partial charge < -0.3 is 15.6 Å². The van der Waals surface area contributed by atoms with Gasteiger partial charge in [0.15, 0.2) is 11.6 Å². The number of nitrogens with one attached hydrogen (secondary N) is 1. The summed E-state index contributed by atoms with van der Waals surface area (Å²) in [6, 6.07) is 13.6. The van der Waals surface area contributed by atoms with Crippen molar-refractivity contribution in [1.29, 1.82) is 0 Å². The molecule has 1 atom stereocenters. The first-order valence-electron chi connectivity index (χ1n) is 14.4. The van der Waals surface area contributed by atoms with Crippen LogP contribution in [0.25, 0.3) is 11.3 Å². The molecule has 3 N–H and O–H groups in total. The summed E-state index contributed by atoms with van der Waals surface area (Å²) in [5.41, 5.74) is 10.1. The molecule has 10 heteroatoms. The first-order valence-corrected chi connectivity index (χ1v) is 15.1. The van der Waals surface area contributed by atoms with E-state index in [0.29, 0.717) is 41.7 Å². The normalized spacial score (nSPS) is 14.5. The van der Waals surface area contributed by atoms with Crippen molar-refractivity contribution in [3.63, 3.8) is 0 Å². The number of ketones is 2. The number of nitrogens with zero attached hydrogens (tertiary/aromatic N) is 2. The second-order valence-corrected chi connectivity index (χ2v) is 11.0. The molecule has 1 unspecified atom stereocenters. The molecule has 0 aliphatic heterocycles. The highest BCUT2D eigenvalue weighted by Crippen LogP contribution is 2.23. The molecule has 1 heterocycles. The third-order valence-electron chi connectivity index (χ3n) is 7.10. The summed E-state index contributed by atoms with van der Waals surface area (Å²) >= 11 is 11.6. The topological polar surface area (TPSA) is 124 Å². The lowest BCUT2D eigenvalue weighted by molar-refractivity contribution is -0.137. The zero-order valence-corrected chi connectivity index (χ0v) is 25.6. The molecular weight excluding hydrogens is 587 g/mol. The highest BCUT2D eigenvalue weighted by molar-refractivity contribution is 6.37. The molecule has 1 fully saturated rings. The summed E-state index contributed by atoms with van der Waals surface area (Å²) in [6.07, 6.45) is 7.02. The van der Waals surface area contributed by atoms with E-state index in [0.717, 1.165) is 61.0 Å². The lowest BCUT2D eigenvalue weighted by atomic mass is 9.98. The van der Waals surface area contributed by atoms with Gasteiger partial charge in [0.2, 0.25) is 5.91 Å². The van der Waals surface area contributed by atoms with Gasteiger partial charge in [0.05, 0.1) is 5.69 Å². The van der Waals surface area contributed by atoms with Crippen molar-refractivity contribution in [1.82, 2.24) is 14.9 Å². The van der Waals surface area contributed by atoms with Gasteiger partial charge in [0.1, 0.15) is 11.7 Å². The van der Waals surface area contributed by atoms with E-state index in [9.17, 15) is 19.2 Å². The Morgan fingerprint density at radius 3 is 1.88 bits per heavy atom. The third-order valence-corrected chi connectivity index (χ3v) is 7.60. The Kier molecular flexibility index (Phi) is 14.8. The van der Waals surface area contributed by atoms with Crippen molar-refractivity contribution < 1.29 is 14.4 Å². The Morgan fingerprint density at radius 2 is 1.37 bits per heavy atom. The molecule has 0 radical (unpaired) electrons. The van der Waals surface area contributed by atoms with E-state index in [1.54, 1.807) is 36.4 Å². The number of hydrogen-bond acceptors (Lipinski definition) is 6. The minimum Gasteiger partial charge on any atom is -0.355 e. The van der Waals surface area contributed by atoms with E-state index >= 15 is 0 Å². The zero-order chi connectivity index (χ0) is 30.6. The van der Waals surface area contributed by atoms with Gasteiger partial charge in [-0.15, -0.1) is 0 Å². The van der Waals surface area contributed by atoms with E-state index in [-0.39, 0.29) is 30.5 Å². The van der Waals surface area contributed by atoms with Gasteiger partial charge >= 0.3 is 0 Å². The zero-order valence-electron chi connectivity index (χ0n) is 24.1. The van der Waals surface area contributed by atoms with Crippen LogP contribution in [0.4, 0.5) is 0 Å². The lowest BCUT2D eigenvalue weighted by Gasteiger charge is -2.20. The van der Waals surface area contributed by atoms with Gasteiger partial charge in [0.25, 0.3) is 5.56 Å². The number of fused-ring (bicyclic) bond motifs is 1. The molecule has 0 spiro atoms. The van der Waals surface area contributed by atoms with Crippen molar-refractivity contribution in [2.45, 2.75) is 85.2 Å². The van der Waals surface area contributed by atoms with E-state index in [1.807, 2.05) is 30.5 Å². The predicted molar refractivity (Wildman–Crippen MR) is 174 cm³/mol. The Morgan fingerprint density at radius 1 is 0.860 bits per heavy atom. The number of carbonyl (C=O) groups is 3. The van der Waals surface area contributed by atoms with Crippen LogP contribution >= 0.6 is 23.2 Å². The number of amides is 1. The first-order chi connectivity index (χ1) is 20.2. The number of carbonyl (C=O) groups excluding carboxylic acids is 3. The van der Waals surface area contributed by atoms with Gasteiger partial charge in [-0.1, -0.05) is 54.9 Å². The first kappa shape index (κ1) is 35.9. The van der Waals surface area contributed by atoms with E-state index in [2.05, 4.69) is 10.3 Å². The number of aromatic nitrogens is 2. The maximum atomic E-state index is 12.6. The standard InChI is InChI=1S/C16H17ClN2O.C10H13ClN2O.C6H8O2.CH4/c1-2-19-14-6-4-3-5-13(14)18-15(16(19)20)11-7-9-12(17)10-8-11;1-2-13-10(14)9(12)7-3-5-8(11)6-4-7;7-5-3-1-2-4-6(5)8;/h7-10H,2-6H2,1H3;3-6,9H,2,12H2,1H3,(H,13,14);1-4H2;1H4. The molecule has 1 saturated carbocycles. The number of likely N-dealkylation sites (N-methyl/N-ethyl adjacent to an activating group) is 1. The largest absolute Gasteiger partial charge is 0.355 e. The Bertz CT molecular complexity index is 1420. The molecule has 1 amide bonds. The van der Waals surface area contributed by atoms with Gasteiger partial charge in [-0.2, -0.15) is 0 Å². The highest BCUT2D eigenvalue weighted by Gasteiger charge is 2.19. The third kappa shape index (κ3) is 10.1. The average Bonchev–Trinajstić information content (AvgIpc) is 3.00. The van der Waals surface area contributed by atoms with E-state index in [4.69, 9.17) is 28.9 Å². The number of halogens is 2. The van der Waals surface area contributed by atoms with Gasteiger partial charge in [-0.05, 0) is 82.2 Å². The Hall–Kier alpha value is -3.33. The molecule has 0 saturated heterocycles. The molecule has 43 heavy (non-hydrogen) atoms. The van der Waals surface area contributed by atoms with Crippen molar-refractivity contribution >= 4 is 40.7 Å². The summed E-state index contributed by atoms with van der Waals surface area (Å²) in [7, 11) is 0. The van der Waals surface area contributed by atoms with Crippen LogP contribution in [-0.2, 0) is 33.8 Å². The van der Waals surface area contributed by atoms with E-state index in [1.165, 1.54) is 0 Å². The van der Waals surface area contributed by atoms with Gasteiger partial charge in [-0.3, -0.25) is 19.2 Å². The number of rotatable bonds is 5. The number of Topliss-reactive ketones (excluding diaryl/α,β-unsaturated/α-hetero) is 2. The molecule has 0 bridgehead atoms. The van der Waals surface area contributed by atoms with Crippen molar-refractivity contribution in [2.75, 3.05) is 6.54 Å². The fraction of sp³-hybridized carbons (Fsp3) is 0.424. The second kappa shape index (κ2) is 17.7. The van der Waals surface area contributed by atoms with Crippen LogP contribution < -0.4 is 16.6 Å². The molecule has 2 aromatic carbocycles. The fourth-order valence-corrected chi connectivity index (χ4v) is 5.06. The molecule has 8 nitrogen and oxygen atoms in total. The Labute approximate surface area is 264 Å². The van der Waals surface area contributed by atoms with Crippen LogP contribution in [0.15, 0.2) is 53.3 Å². The van der Waals surface area contributed by atoms with Crippen molar-refractivity contribution in [2.24, 2.45) is 5.73 Å². The summed E-state index contributed by atoms with van der Waals surface area (Å²) in [6.45, 7) is 5.15. The maximum Gasteiger partial charge on any atom is 0.277 e. The van der Waals surface area contributed by atoms with Gasteiger partial charge in [-0.25, -0.2) is 4.98 Å². The monoisotopic (exact) mass is 628 g/mol. The number of aryl methyl sites for hydroxylation is 1. The molecule has 2 aliphatic carbocycles. The minimum atomic E-state index is -0.618. The van der Waals surface area contributed by atoms with Crippen LogP contribution in [0.3, 0.4) is 0 Å². The number of nitrogens with two attached hydrogens (primary N) is 1. The van der Waals surface area contributed by atoms with Crippen LogP contribution in [-0.4, -0.2) is 33.6 Å². The van der Waals surface area contributed by atoms with Crippen molar-refractivity contribution in [3.8, 4) is 11.3 Å². The van der Waals surface area contributed by atoms with Gasteiger partial charge in [0, 0.05) is 47.2 Å². The smallest absolute Gasteiger partial charge is 0.277 e. The summed E-state index contributed by atoms with van der Waals surface area (Å²) in [5, 5.41) is 3.97.